The standard InChI is InChI=1S/C32H28O2/c1-5-21-22(6-2)28(24-16-10-8-14-20(24)4)30-29(27(21)23-15-9-7-13-19(23)3)31(33)25-17-11-12-18-26(25)32(30)34/h7-18H,5-6H2,1-4H3. The van der Waals surface area contributed by atoms with Crippen molar-refractivity contribution in [2.24, 2.45) is 0 Å². The molecular weight excluding hydrogens is 416 g/mol. The van der Waals surface area contributed by atoms with E-state index in [-0.39, 0.29) is 11.6 Å². The summed E-state index contributed by atoms with van der Waals surface area (Å²) in [7, 11) is 0. The van der Waals surface area contributed by atoms with E-state index in [1.54, 1.807) is 12.1 Å². The molecule has 0 amide bonds. The van der Waals surface area contributed by atoms with E-state index in [1.165, 1.54) is 0 Å². The molecular formula is C32H28O2. The SMILES string of the molecule is CCc1c(CC)c(-c2ccccc2C)c2c(c1-c1ccccc1C)C(=O)c1ccccc1C2=O. The van der Waals surface area contributed by atoms with Crippen molar-refractivity contribution in [3.63, 3.8) is 0 Å². The minimum absolute atomic E-state index is 0.0596. The Hall–Kier alpha value is -3.78. The third-order valence-electron chi connectivity index (χ3n) is 7.12. The van der Waals surface area contributed by atoms with Gasteiger partial charge in [0.2, 0.25) is 0 Å². The van der Waals surface area contributed by atoms with Crippen molar-refractivity contribution in [1.29, 1.82) is 0 Å². The molecule has 4 aromatic carbocycles. The van der Waals surface area contributed by atoms with E-state index < -0.39 is 0 Å². The maximum Gasteiger partial charge on any atom is 0.195 e. The third-order valence-corrected chi connectivity index (χ3v) is 7.12. The number of carbonyl (C=O) groups is 2. The molecule has 0 fully saturated rings. The molecule has 1 aliphatic carbocycles. The van der Waals surface area contributed by atoms with E-state index in [9.17, 15) is 9.59 Å². The van der Waals surface area contributed by atoms with Gasteiger partial charge in [0.1, 0.15) is 0 Å². The fourth-order valence-corrected chi connectivity index (χ4v) is 5.54. The Kier molecular flexibility index (Phi) is 5.53. The first kappa shape index (κ1) is 22.0. The zero-order chi connectivity index (χ0) is 24.0. The molecule has 5 rings (SSSR count). The van der Waals surface area contributed by atoms with Crippen molar-refractivity contribution in [3.05, 3.63) is 117 Å². The number of ketones is 2. The summed E-state index contributed by atoms with van der Waals surface area (Å²) in [4.78, 5) is 28.3. The second-order valence-corrected chi connectivity index (χ2v) is 9.00. The number of benzene rings is 4. The third kappa shape index (κ3) is 3.17. The van der Waals surface area contributed by atoms with Gasteiger partial charge in [-0.2, -0.15) is 0 Å². The average Bonchev–Trinajstić information content (AvgIpc) is 2.86. The van der Waals surface area contributed by atoms with Gasteiger partial charge in [0, 0.05) is 22.3 Å². The van der Waals surface area contributed by atoms with E-state index in [0.717, 1.165) is 57.3 Å². The van der Waals surface area contributed by atoms with Crippen LogP contribution in [0.1, 0.15) is 67.9 Å². The van der Waals surface area contributed by atoms with E-state index >= 15 is 0 Å². The van der Waals surface area contributed by atoms with Crippen LogP contribution in [0.4, 0.5) is 0 Å². The molecule has 0 unspecified atom stereocenters. The van der Waals surface area contributed by atoms with Crippen molar-refractivity contribution >= 4 is 11.6 Å². The number of fused-ring (bicyclic) bond motifs is 2. The Labute approximate surface area is 201 Å². The van der Waals surface area contributed by atoms with Gasteiger partial charge in [-0.25, -0.2) is 0 Å². The molecule has 0 spiro atoms. The lowest BCUT2D eigenvalue weighted by molar-refractivity contribution is 0.0980. The molecule has 0 bridgehead atoms. The van der Waals surface area contributed by atoms with E-state index in [1.807, 2.05) is 36.4 Å². The van der Waals surface area contributed by atoms with Crippen LogP contribution in [0.25, 0.3) is 22.3 Å². The monoisotopic (exact) mass is 444 g/mol. The molecule has 0 heterocycles. The first-order chi connectivity index (χ1) is 16.5. The van der Waals surface area contributed by atoms with Crippen LogP contribution < -0.4 is 0 Å². The van der Waals surface area contributed by atoms with Gasteiger partial charge < -0.3 is 0 Å². The fraction of sp³-hybridized carbons (Fsp3) is 0.188. The lowest BCUT2D eigenvalue weighted by atomic mass is 9.72. The first-order valence-corrected chi connectivity index (χ1v) is 12.0. The van der Waals surface area contributed by atoms with Crippen molar-refractivity contribution in [2.75, 3.05) is 0 Å². The smallest absolute Gasteiger partial charge is 0.195 e. The Morgan fingerprint density at radius 2 is 0.794 bits per heavy atom. The molecule has 1 aliphatic rings. The number of carbonyl (C=O) groups excluding carboxylic acids is 2. The number of hydrogen-bond acceptors (Lipinski definition) is 2. The van der Waals surface area contributed by atoms with Gasteiger partial charge in [-0.1, -0.05) is 86.6 Å². The molecule has 0 radical (unpaired) electrons. The summed E-state index contributed by atoms with van der Waals surface area (Å²) < 4.78 is 0. The van der Waals surface area contributed by atoms with Crippen LogP contribution in [-0.4, -0.2) is 11.6 Å². The van der Waals surface area contributed by atoms with Crippen LogP contribution in [0.5, 0.6) is 0 Å². The van der Waals surface area contributed by atoms with Gasteiger partial charge in [-0.05, 0) is 71.2 Å². The number of aryl methyl sites for hydroxylation is 2. The topological polar surface area (TPSA) is 34.1 Å². The largest absolute Gasteiger partial charge is 0.289 e. The summed E-state index contributed by atoms with van der Waals surface area (Å²) in [5.74, 6) is -0.119. The van der Waals surface area contributed by atoms with Crippen molar-refractivity contribution in [1.82, 2.24) is 0 Å². The predicted molar refractivity (Wildman–Crippen MR) is 139 cm³/mol. The van der Waals surface area contributed by atoms with Crippen LogP contribution in [0.15, 0.2) is 72.8 Å². The molecule has 0 aliphatic heterocycles. The molecule has 4 aromatic rings. The van der Waals surface area contributed by atoms with Gasteiger partial charge in [0.15, 0.2) is 11.6 Å². The van der Waals surface area contributed by atoms with Crippen molar-refractivity contribution in [2.45, 2.75) is 40.5 Å². The average molecular weight is 445 g/mol. The highest BCUT2D eigenvalue weighted by Gasteiger charge is 2.37. The predicted octanol–water partition coefficient (Wildman–Crippen LogP) is 7.54. The van der Waals surface area contributed by atoms with E-state index in [0.29, 0.717) is 22.3 Å². The highest BCUT2D eigenvalue weighted by Crippen LogP contribution is 2.46. The van der Waals surface area contributed by atoms with Crippen LogP contribution in [0.3, 0.4) is 0 Å². The van der Waals surface area contributed by atoms with E-state index in [2.05, 4.69) is 52.0 Å². The van der Waals surface area contributed by atoms with Gasteiger partial charge in [-0.3, -0.25) is 9.59 Å². The Morgan fingerprint density at radius 1 is 0.471 bits per heavy atom. The van der Waals surface area contributed by atoms with Gasteiger partial charge >= 0.3 is 0 Å². The van der Waals surface area contributed by atoms with Crippen LogP contribution >= 0.6 is 0 Å². The van der Waals surface area contributed by atoms with Crippen LogP contribution in [-0.2, 0) is 12.8 Å². The normalized spacial score (nSPS) is 12.5. The maximum atomic E-state index is 14.1. The lowest BCUT2D eigenvalue weighted by Gasteiger charge is -2.29. The summed E-state index contributed by atoms with van der Waals surface area (Å²) in [6.45, 7) is 8.44. The molecule has 0 saturated carbocycles. The molecule has 0 aromatic heterocycles. The zero-order valence-corrected chi connectivity index (χ0v) is 20.2. The first-order valence-electron chi connectivity index (χ1n) is 12.0. The second kappa shape index (κ2) is 8.53. The number of rotatable bonds is 4. The molecule has 168 valence electrons. The lowest BCUT2D eigenvalue weighted by Crippen LogP contribution is -2.25. The minimum atomic E-state index is -0.0596. The zero-order valence-electron chi connectivity index (χ0n) is 20.2. The second-order valence-electron chi connectivity index (χ2n) is 9.00. The molecule has 2 nitrogen and oxygen atoms in total. The van der Waals surface area contributed by atoms with Crippen LogP contribution in [0.2, 0.25) is 0 Å². The minimum Gasteiger partial charge on any atom is -0.289 e. The quantitative estimate of drug-likeness (QED) is 0.287. The summed E-state index contributed by atoms with van der Waals surface area (Å²) in [5, 5.41) is 0. The van der Waals surface area contributed by atoms with Gasteiger partial charge in [0.05, 0.1) is 0 Å². The molecule has 2 heteroatoms. The highest BCUT2D eigenvalue weighted by molar-refractivity contribution is 6.32. The summed E-state index contributed by atoms with van der Waals surface area (Å²) in [6.07, 6.45) is 1.56. The highest BCUT2D eigenvalue weighted by atomic mass is 16.1. The molecule has 0 N–H and O–H groups in total. The van der Waals surface area contributed by atoms with Gasteiger partial charge in [0.25, 0.3) is 0 Å². The van der Waals surface area contributed by atoms with Gasteiger partial charge in [-0.15, -0.1) is 0 Å². The summed E-state index contributed by atoms with van der Waals surface area (Å²) in [6, 6.07) is 23.6. The Balaban J connectivity index is 2.04. The molecule has 0 atom stereocenters. The number of hydrogen-bond donors (Lipinski definition) is 0. The molecule has 34 heavy (non-hydrogen) atoms. The molecule has 0 saturated heterocycles. The van der Waals surface area contributed by atoms with E-state index in [4.69, 9.17) is 0 Å². The fourth-order valence-electron chi connectivity index (χ4n) is 5.54. The Bertz CT molecular complexity index is 1360. The van der Waals surface area contributed by atoms with Crippen molar-refractivity contribution in [3.8, 4) is 22.3 Å². The Morgan fingerprint density at radius 3 is 1.12 bits per heavy atom. The van der Waals surface area contributed by atoms with Crippen molar-refractivity contribution < 1.29 is 9.59 Å². The summed E-state index contributed by atoms with van der Waals surface area (Å²) in [5.41, 5.74) is 10.6. The van der Waals surface area contributed by atoms with Crippen LogP contribution in [0, 0.1) is 13.8 Å². The summed E-state index contributed by atoms with van der Waals surface area (Å²) >= 11 is 0. The maximum absolute atomic E-state index is 14.1.